The topological polar surface area (TPSA) is 85.7 Å². The minimum Gasteiger partial charge on any atom is -0.478 e. The average molecular weight is 281 g/mol. The second-order valence-electron chi connectivity index (χ2n) is 4.79. The first-order valence-electron chi connectivity index (χ1n) is 6.81. The van der Waals surface area contributed by atoms with E-state index in [4.69, 9.17) is 5.11 Å². The molecular formula is C14H23N3O3. The van der Waals surface area contributed by atoms with E-state index in [0.717, 1.165) is 19.4 Å². The number of rotatable bonds is 9. The third kappa shape index (κ3) is 5.64. The molecule has 0 fully saturated rings. The summed E-state index contributed by atoms with van der Waals surface area (Å²) in [5.41, 5.74) is 0.866. The summed E-state index contributed by atoms with van der Waals surface area (Å²) in [7, 11) is 1.88. The maximum atomic E-state index is 10.8. The monoisotopic (exact) mass is 281 g/mol. The lowest BCUT2D eigenvalue weighted by molar-refractivity contribution is 0.0221. The molecule has 0 spiro atoms. The van der Waals surface area contributed by atoms with Crippen LogP contribution in [0.5, 0.6) is 0 Å². The van der Waals surface area contributed by atoms with Crippen LogP contribution in [0.1, 0.15) is 35.8 Å². The van der Waals surface area contributed by atoms with Crippen molar-refractivity contribution in [1.82, 2.24) is 15.2 Å². The molecule has 112 valence electrons. The highest BCUT2D eigenvalue weighted by Gasteiger charge is 2.10. The Balaban J connectivity index is 2.36. The summed E-state index contributed by atoms with van der Waals surface area (Å²) < 4.78 is 0. The molecular weight excluding hydrogens is 258 g/mol. The first-order valence-corrected chi connectivity index (χ1v) is 6.81. The molecule has 0 saturated heterocycles. The number of likely N-dealkylation sites (N-methyl/N-ethyl adjacent to an activating group) is 1. The Kier molecular flexibility index (Phi) is 7.14. The predicted octanol–water partition coefficient (Wildman–Crippen LogP) is 0.920. The van der Waals surface area contributed by atoms with E-state index in [1.165, 1.54) is 18.3 Å². The van der Waals surface area contributed by atoms with E-state index in [0.29, 0.717) is 18.8 Å². The minimum absolute atomic E-state index is 0.220. The van der Waals surface area contributed by atoms with Crippen molar-refractivity contribution in [2.24, 2.45) is 0 Å². The number of aromatic nitrogens is 1. The molecule has 1 heterocycles. The van der Waals surface area contributed by atoms with E-state index in [-0.39, 0.29) is 5.56 Å². The molecule has 0 aromatic carbocycles. The fourth-order valence-electron chi connectivity index (χ4n) is 1.75. The number of carboxylic acid groups (broad SMARTS) is 1. The smallest absolute Gasteiger partial charge is 0.335 e. The van der Waals surface area contributed by atoms with Crippen LogP contribution in [0.15, 0.2) is 18.3 Å². The molecule has 6 heteroatoms. The van der Waals surface area contributed by atoms with Gasteiger partial charge in [-0.05, 0) is 25.6 Å². The van der Waals surface area contributed by atoms with E-state index in [1.54, 1.807) is 0 Å². The number of nitrogens with zero attached hydrogens (tertiary/aromatic N) is 2. The number of hydrogen-bond acceptors (Lipinski definition) is 5. The fourth-order valence-corrected chi connectivity index (χ4v) is 1.75. The summed E-state index contributed by atoms with van der Waals surface area (Å²) in [4.78, 5) is 16.8. The van der Waals surface area contributed by atoms with Gasteiger partial charge in [0, 0.05) is 25.8 Å². The van der Waals surface area contributed by atoms with Crippen LogP contribution in [0.4, 0.5) is 0 Å². The van der Waals surface area contributed by atoms with Crippen LogP contribution >= 0.6 is 0 Å². The molecule has 0 aliphatic carbocycles. The highest BCUT2D eigenvalue weighted by atomic mass is 16.4. The van der Waals surface area contributed by atoms with E-state index >= 15 is 0 Å². The zero-order valence-corrected chi connectivity index (χ0v) is 12.0. The summed E-state index contributed by atoms with van der Waals surface area (Å²) in [5.74, 6) is -0.965. The van der Waals surface area contributed by atoms with Gasteiger partial charge in [-0.25, -0.2) is 4.79 Å². The Bertz CT molecular complexity index is 426. The van der Waals surface area contributed by atoms with Crippen molar-refractivity contribution in [3.05, 3.63) is 29.6 Å². The van der Waals surface area contributed by atoms with Crippen LogP contribution in [-0.4, -0.2) is 52.4 Å². The largest absolute Gasteiger partial charge is 0.478 e. The molecule has 0 saturated carbocycles. The fraction of sp³-hybridized carbons (Fsp3) is 0.571. The molecule has 1 unspecified atom stereocenters. The second kappa shape index (κ2) is 8.63. The van der Waals surface area contributed by atoms with Crippen LogP contribution in [0.3, 0.4) is 0 Å². The van der Waals surface area contributed by atoms with Gasteiger partial charge < -0.3 is 15.5 Å². The van der Waals surface area contributed by atoms with E-state index < -0.39 is 12.2 Å². The number of aliphatic hydroxyl groups is 1. The lowest BCUT2D eigenvalue weighted by atomic mass is 10.2. The first kappa shape index (κ1) is 16.6. The van der Waals surface area contributed by atoms with Crippen molar-refractivity contribution >= 4 is 5.97 Å². The van der Waals surface area contributed by atoms with Crippen molar-refractivity contribution in [2.75, 3.05) is 20.1 Å². The summed E-state index contributed by atoms with van der Waals surface area (Å²) in [5, 5.41) is 21.9. The molecule has 1 aromatic rings. The summed E-state index contributed by atoms with van der Waals surface area (Å²) >= 11 is 0. The molecule has 3 N–H and O–H groups in total. The van der Waals surface area contributed by atoms with Crippen molar-refractivity contribution in [3.8, 4) is 0 Å². The third-order valence-electron chi connectivity index (χ3n) is 3.07. The molecule has 0 amide bonds. The van der Waals surface area contributed by atoms with E-state index in [9.17, 15) is 9.90 Å². The zero-order valence-electron chi connectivity index (χ0n) is 12.0. The molecule has 0 radical (unpaired) electrons. The van der Waals surface area contributed by atoms with Gasteiger partial charge in [-0.3, -0.25) is 9.88 Å². The highest BCUT2D eigenvalue weighted by molar-refractivity contribution is 5.87. The zero-order chi connectivity index (χ0) is 15.0. The summed E-state index contributed by atoms with van der Waals surface area (Å²) in [6.45, 7) is 3.81. The Morgan fingerprint density at radius 2 is 2.30 bits per heavy atom. The Hall–Kier alpha value is -1.50. The van der Waals surface area contributed by atoms with Gasteiger partial charge in [0.25, 0.3) is 0 Å². The van der Waals surface area contributed by atoms with Crippen LogP contribution < -0.4 is 5.32 Å². The SMILES string of the molecule is CCCCN(C)C(O)CNCc1cc(C(=O)O)ccn1. The van der Waals surface area contributed by atoms with E-state index in [2.05, 4.69) is 17.2 Å². The maximum absolute atomic E-state index is 10.8. The number of aliphatic hydroxyl groups excluding tert-OH is 1. The van der Waals surface area contributed by atoms with Crippen LogP contribution in [0.2, 0.25) is 0 Å². The van der Waals surface area contributed by atoms with Gasteiger partial charge in [-0.15, -0.1) is 0 Å². The number of aromatic carboxylic acids is 1. The second-order valence-corrected chi connectivity index (χ2v) is 4.79. The lowest BCUT2D eigenvalue weighted by Crippen LogP contribution is -2.40. The minimum atomic E-state index is -0.965. The lowest BCUT2D eigenvalue weighted by Gasteiger charge is -2.23. The summed E-state index contributed by atoms with van der Waals surface area (Å²) in [6.07, 6.45) is 3.07. The van der Waals surface area contributed by atoms with Gasteiger partial charge in [0.05, 0.1) is 11.3 Å². The molecule has 20 heavy (non-hydrogen) atoms. The van der Waals surface area contributed by atoms with Crippen molar-refractivity contribution in [3.63, 3.8) is 0 Å². The molecule has 0 bridgehead atoms. The van der Waals surface area contributed by atoms with E-state index in [1.807, 2.05) is 11.9 Å². The Morgan fingerprint density at radius 1 is 1.55 bits per heavy atom. The third-order valence-corrected chi connectivity index (χ3v) is 3.07. The Labute approximate surface area is 119 Å². The number of unbranched alkanes of at least 4 members (excludes halogenated alkanes) is 1. The van der Waals surface area contributed by atoms with Crippen molar-refractivity contribution in [1.29, 1.82) is 0 Å². The standard InChI is InChI=1S/C14H23N3O3/c1-3-4-7-17(2)13(18)10-15-9-12-8-11(14(19)20)5-6-16-12/h5-6,8,13,15,18H,3-4,7,9-10H2,1-2H3,(H,19,20). The van der Waals surface area contributed by atoms with Crippen molar-refractivity contribution < 1.29 is 15.0 Å². The molecule has 1 atom stereocenters. The van der Waals surface area contributed by atoms with Crippen LogP contribution in [-0.2, 0) is 6.54 Å². The molecule has 1 aromatic heterocycles. The molecule has 1 rings (SSSR count). The maximum Gasteiger partial charge on any atom is 0.335 e. The van der Waals surface area contributed by atoms with Crippen LogP contribution in [0, 0.1) is 0 Å². The number of carboxylic acids is 1. The number of hydrogen-bond donors (Lipinski definition) is 3. The Morgan fingerprint density at radius 3 is 2.95 bits per heavy atom. The quantitative estimate of drug-likeness (QED) is 0.584. The van der Waals surface area contributed by atoms with Gasteiger partial charge >= 0.3 is 5.97 Å². The molecule has 6 nitrogen and oxygen atoms in total. The van der Waals surface area contributed by atoms with Gasteiger partial charge in [0.15, 0.2) is 0 Å². The number of carbonyl (C=O) groups is 1. The van der Waals surface area contributed by atoms with Crippen LogP contribution in [0.25, 0.3) is 0 Å². The number of pyridine rings is 1. The van der Waals surface area contributed by atoms with Gasteiger partial charge in [0.1, 0.15) is 6.23 Å². The molecule has 0 aliphatic heterocycles. The van der Waals surface area contributed by atoms with Gasteiger partial charge in [0.2, 0.25) is 0 Å². The van der Waals surface area contributed by atoms with Gasteiger partial charge in [-0.1, -0.05) is 13.3 Å². The van der Waals surface area contributed by atoms with Crippen molar-refractivity contribution in [2.45, 2.75) is 32.5 Å². The highest BCUT2D eigenvalue weighted by Crippen LogP contribution is 2.02. The average Bonchev–Trinajstić information content (AvgIpc) is 2.44. The predicted molar refractivity (Wildman–Crippen MR) is 76.4 cm³/mol. The first-order chi connectivity index (χ1) is 9.54. The van der Waals surface area contributed by atoms with Gasteiger partial charge in [-0.2, -0.15) is 0 Å². The normalized spacial score (nSPS) is 12.6. The summed E-state index contributed by atoms with van der Waals surface area (Å²) in [6, 6.07) is 2.99. The number of nitrogens with one attached hydrogen (secondary N) is 1. The molecule has 0 aliphatic rings.